The van der Waals surface area contributed by atoms with Crippen LogP contribution in [0.15, 0.2) is 48.5 Å². The molecule has 0 spiro atoms. The highest BCUT2D eigenvalue weighted by molar-refractivity contribution is 7.15. The molecule has 0 saturated carbocycles. The van der Waals surface area contributed by atoms with Crippen molar-refractivity contribution < 1.29 is 9.53 Å². The topological polar surface area (TPSA) is 64.4 Å². The lowest BCUT2D eigenvalue weighted by Gasteiger charge is -2.08. The Labute approximate surface area is 143 Å². The van der Waals surface area contributed by atoms with E-state index in [1.165, 1.54) is 0 Å². The van der Waals surface area contributed by atoms with E-state index in [2.05, 4.69) is 5.32 Å². The van der Waals surface area contributed by atoms with Gasteiger partial charge in [-0.15, -0.1) is 11.3 Å². The molecule has 0 aliphatic carbocycles. The quantitative estimate of drug-likeness (QED) is 0.722. The highest BCUT2D eigenvalue weighted by Crippen LogP contribution is 2.38. The van der Waals surface area contributed by atoms with Gasteiger partial charge in [0.1, 0.15) is 5.75 Å². The lowest BCUT2D eigenvalue weighted by Crippen LogP contribution is -2.10. The van der Waals surface area contributed by atoms with Crippen LogP contribution in [0.3, 0.4) is 0 Å². The molecule has 0 unspecified atom stereocenters. The third-order valence-corrected chi connectivity index (χ3v) is 5.13. The number of hydrogen-bond donors (Lipinski definition) is 2. The second-order valence-electron chi connectivity index (χ2n) is 5.74. The summed E-state index contributed by atoms with van der Waals surface area (Å²) in [6.07, 6.45) is 0. The summed E-state index contributed by atoms with van der Waals surface area (Å²) < 4.78 is 5.95. The van der Waals surface area contributed by atoms with Crippen molar-refractivity contribution in [1.82, 2.24) is 0 Å². The van der Waals surface area contributed by atoms with Crippen molar-refractivity contribution in [2.45, 2.75) is 13.5 Å². The van der Waals surface area contributed by atoms with Gasteiger partial charge in [-0.1, -0.05) is 6.07 Å². The molecule has 0 radical (unpaired) electrons. The van der Waals surface area contributed by atoms with Gasteiger partial charge in [0, 0.05) is 16.3 Å². The maximum absolute atomic E-state index is 12.6. The van der Waals surface area contributed by atoms with Crippen LogP contribution in [0.2, 0.25) is 0 Å². The molecule has 3 aromatic rings. The summed E-state index contributed by atoms with van der Waals surface area (Å²) in [5.74, 6) is 1.06. The molecule has 120 valence electrons. The highest BCUT2D eigenvalue weighted by atomic mass is 32.1. The summed E-state index contributed by atoms with van der Waals surface area (Å²) >= 11 is 1.63. The second kappa shape index (κ2) is 5.78. The molecule has 4 rings (SSSR count). The summed E-state index contributed by atoms with van der Waals surface area (Å²) in [5.41, 5.74) is 8.96. The number of benzene rings is 2. The zero-order chi connectivity index (χ0) is 16.7. The number of rotatable bonds is 2. The number of aryl methyl sites for hydroxylation is 1. The zero-order valence-electron chi connectivity index (χ0n) is 13.1. The van der Waals surface area contributed by atoms with Crippen molar-refractivity contribution in [3.63, 3.8) is 0 Å². The molecule has 0 atom stereocenters. The van der Waals surface area contributed by atoms with Gasteiger partial charge in [0.15, 0.2) is 5.75 Å². The fourth-order valence-corrected chi connectivity index (χ4v) is 3.61. The predicted molar refractivity (Wildman–Crippen MR) is 96.9 cm³/mol. The molecule has 1 aliphatic rings. The molecule has 2 heterocycles. The third-order valence-electron chi connectivity index (χ3n) is 3.97. The largest absolute Gasteiger partial charge is 0.454 e. The predicted octanol–water partition coefficient (Wildman–Crippen LogP) is 4.54. The summed E-state index contributed by atoms with van der Waals surface area (Å²) in [6.45, 7) is 2.50. The van der Waals surface area contributed by atoms with Gasteiger partial charge in [0.2, 0.25) is 0 Å². The molecular weight excluding hydrogens is 320 g/mol. The van der Waals surface area contributed by atoms with Gasteiger partial charge >= 0.3 is 0 Å². The average Bonchev–Trinajstić information content (AvgIpc) is 3.01. The van der Waals surface area contributed by atoms with E-state index >= 15 is 0 Å². The number of anilines is 1. The van der Waals surface area contributed by atoms with Crippen molar-refractivity contribution in [3.8, 4) is 21.9 Å². The number of ether oxygens (including phenoxy) is 1. The molecule has 4 nitrogen and oxygen atoms in total. The van der Waals surface area contributed by atoms with E-state index < -0.39 is 0 Å². The number of thiophene rings is 1. The molecule has 5 heteroatoms. The minimum Gasteiger partial charge on any atom is -0.454 e. The Hall–Kier alpha value is -2.63. The van der Waals surface area contributed by atoms with Crippen molar-refractivity contribution in [1.29, 1.82) is 0 Å². The molecule has 24 heavy (non-hydrogen) atoms. The van der Waals surface area contributed by atoms with Crippen LogP contribution in [-0.4, -0.2) is 5.91 Å². The maximum Gasteiger partial charge on any atom is 0.259 e. The van der Waals surface area contributed by atoms with Crippen molar-refractivity contribution in [2.75, 3.05) is 5.32 Å². The Kier molecular flexibility index (Phi) is 3.59. The first kappa shape index (κ1) is 14.9. The summed E-state index contributed by atoms with van der Waals surface area (Å²) in [4.78, 5) is 14.8. The van der Waals surface area contributed by atoms with Crippen molar-refractivity contribution >= 4 is 22.9 Å². The first-order valence-electron chi connectivity index (χ1n) is 7.67. The smallest absolute Gasteiger partial charge is 0.259 e. The van der Waals surface area contributed by atoms with E-state index in [9.17, 15) is 4.79 Å². The van der Waals surface area contributed by atoms with Crippen LogP contribution in [0, 0.1) is 6.92 Å². The Morgan fingerprint density at radius 3 is 2.71 bits per heavy atom. The van der Waals surface area contributed by atoms with Gasteiger partial charge in [-0.05, 0) is 60.5 Å². The van der Waals surface area contributed by atoms with Crippen LogP contribution in [0.1, 0.15) is 20.8 Å². The van der Waals surface area contributed by atoms with Gasteiger partial charge in [0.25, 0.3) is 5.91 Å². The van der Waals surface area contributed by atoms with Gasteiger partial charge in [-0.25, -0.2) is 0 Å². The van der Waals surface area contributed by atoms with Gasteiger partial charge in [0.05, 0.1) is 11.3 Å². The Balaban J connectivity index is 1.77. The third kappa shape index (κ3) is 2.58. The summed E-state index contributed by atoms with van der Waals surface area (Å²) in [6, 6.07) is 15.5. The number of nitrogens with one attached hydrogen (secondary N) is 1. The van der Waals surface area contributed by atoms with Gasteiger partial charge in [-0.3, -0.25) is 4.79 Å². The lowest BCUT2D eigenvalue weighted by atomic mass is 10.1. The standard InChI is InChI=1S/C19H16N2O2S/c1-11-2-5-17-15(8-11)21-19(22)14-9-12(3-6-16(14)23-17)18-7-4-13(10-20)24-18/h2-9H,10,20H2,1H3,(H,21,22). The SMILES string of the molecule is Cc1ccc2c(c1)NC(=O)c1cc(-c3ccc(CN)s3)ccc1O2. The van der Waals surface area contributed by atoms with E-state index in [0.717, 1.165) is 20.9 Å². The van der Waals surface area contributed by atoms with E-state index in [-0.39, 0.29) is 5.91 Å². The molecule has 1 amide bonds. The molecule has 1 aliphatic heterocycles. The van der Waals surface area contributed by atoms with Crippen molar-refractivity contribution in [3.05, 3.63) is 64.5 Å². The Bertz CT molecular complexity index is 946. The number of amides is 1. The maximum atomic E-state index is 12.6. The monoisotopic (exact) mass is 336 g/mol. The fourth-order valence-electron chi connectivity index (χ4n) is 2.73. The van der Waals surface area contributed by atoms with Crippen LogP contribution in [0.4, 0.5) is 5.69 Å². The van der Waals surface area contributed by atoms with E-state index in [4.69, 9.17) is 10.5 Å². The second-order valence-corrected chi connectivity index (χ2v) is 6.91. The minimum absolute atomic E-state index is 0.160. The van der Waals surface area contributed by atoms with Crippen LogP contribution in [-0.2, 0) is 6.54 Å². The van der Waals surface area contributed by atoms with Crippen molar-refractivity contribution in [2.24, 2.45) is 5.73 Å². The molecule has 0 bridgehead atoms. The number of hydrogen-bond acceptors (Lipinski definition) is 4. The van der Waals surface area contributed by atoms with E-state index in [1.807, 2.05) is 55.5 Å². The first-order chi connectivity index (χ1) is 11.6. The number of carbonyl (C=O) groups excluding carboxylic acids is 1. The number of fused-ring (bicyclic) bond motifs is 2. The summed E-state index contributed by atoms with van der Waals surface area (Å²) in [5, 5.41) is 2.93. The highest BCUT2D eigenvalue weighted by Gasteiger charge is 2.21. The van der Waals surface area contributed by atoms with Crippen LogP contribution in [0.5, 0.6) is 11.5 Å². The van der Waals surface area contributed by atoms with Gasteiger partial charge in [-0.2, -0.15) is 0 Å². The van der Waals surface area contributed by atoms with Crippen LogP contribution < -0.4 is 15.8 Å². The van der Waals surface area contributed by atoms with Crippen LogP contribution >= 0.6 is 11.3 Å². The Morgan fingerprint density at radius 1 is 1.08 bits per heavy atom. The lowest BCUT2D eigenvalue weighted by molar-refractivity contribution is 0.102. The van der Waals surface area contributed by atoms with Crippen LogP contribution in [0.25, 0.3) is 10.4 Å². The number of carbonyl (C=O) groups is 1. The minimum atomic E-state index is -0.160. The van der Waals surface area contributed by atoms with E-state index in [0.29, 0.717) is 29.3 Å². The Morgan fingerprint density at radius 2 is 1.92 bits per heavy atom. The fraction of sp³-hybridized carbons (Fsp3) is 0.105. The number of nitrogens with two attached hydrogens (primary N) is 1. The zero-order valence-corrected chi connectivity index (χ0v) is 13.9. The van der Waals surface area contributed by atoms with Gasteiger partial charge < -0.3 is 15.8 Å². The molecule has 2 aromatic carbocycles. The molecular formula is C19H16N2O2S. The van der Waals surface area contributed by atoms with E-state index in [1.54, 1.807) is 11.3 Å². The molecule has 1 aromatic heterocycles. The molecule has 0 saturated heterocycles. The first-order valence-corrected chi connectivity index (χ1v) is 8.49. The summed E-state index contributed by atoms with van der Waals surface area (Å²) in [7, 11) is 0. The molecule has 0 fully saturated rings. The average molecular weight is 336 g/mol. The molecule has 3 N–H and O–H groups in total. The normalized spacial score (nSPS) is 12.7.